The monoisotopic (exact) mass is 519 g/mol. The zero-order valence-electron chi connectivity index (χ0n) is 20.4. The summed E-state index contributed by atoms with van der Waals surface area (Å²) in [4.78, 5) is 48.4. The molecule has 1 aromatic heterocycles. The van der Waals surface area contributed by atoms with E-state index in [1.165, 1.54) is 15.9 Å². The maximum Gasteiger partial charge on any atom is 0.338 e. The summed E-state index contributed by atoms with van der Waals surface area (Å²) in [6, 6.07) is 14.6. The Balaban J connectivity index is 1.81. The van der Waals surface area contributed by atoms with Crippen LogP contribution in [0.2, 0.25) is 0 Å². The Kier molecular flexibility index (Phi) is 6.44. The third-order valence-electron chi connectivity index (χ3n) is 6.39. The number of anilines is 1. The SMILES string of the molecule is CCOC(=O)C1=C(C)N=c2s/c(=C3/C(=O)N(CC)c4ccccc43)c(=O)n2C1c1ccc(SC)cc1. The van der Waals surface area contributed by atoms with Crippen molar-refractivity contribution >= 4 is 46.2 Å². The number of benzene rings is 2. The van der Waals surface area contributed by atoms with Gasteiger partial charge >= 0.3 is 5.97 Å². The number of hydrogen-bond acceptors (Lipinski definition) is 7. The molecule has 0 saturated carbocycles. The number of para-hydroxylation sites is 1. The van der Waals surface area contributed by atoms with Crippen LogP contribution in [-0.2, 0) is 14.3 Å². The molecule has 0 saturated heterocycles. The van der Waals surface area contributed by atoms with Gasteiger partial charge in [-0.05, 0) is 50.8 Å². The summed E-state index contributed by atoms with van der Waals surface area (Å²) in [5.74, 6) is -0.707. The fourth-order valence-corrected chi connectivity index (χ4v) is 6.30. The summed E-state index contributed by atoms with van der Waals surface area (Å²) in [6.45, 7) is 6.11. The Morgan fingerprint density at radius 3 is 2.50 bits per heavy atom. The van der Waals surface area contributed by atoms with E-state index in [0.29, 0.717) is 32.7 Å². The number of hydrogen-bond donors (Lipinski definition) is 0. The summed E-state index contributed by atoms with van der Waals surface area (Å²) in [5, 5.41) is 0. The summed E-state index contributed by atoms with van der Waals surface area (Å²) in [7, 11) is 0. The molecule has 2 aliphatic rings. The molecule has 0 bridgehead atoms. The molecule has 184 valence electrons. The van der Waals surface area contributed by atoms with Crippen molar-refractivity contribution in [3.63, 3.8) is 0 Å². The van der Waals surface area contributed by atoms with Crippen LogP contribution >= 0.6 is 23.1 Å². The number of esters is 1. The Bertz CT molecular complexity index is 1600. The number of carbonyl (C=O) groups excluding carboxylic acids is 2. The van der Waals surface area contributed by atoms with Crippen molar-refractivity contribution in [2.24, 2.45) is 4.99 Å². The van der Waals surface area contributed by atoms with Gasteiger partial charge < -0.3 is 9.64 Å². The highest BCUT2D eigenvalue weighted by molar-refractivity contribution is 7.98. The maximum absolute atomic E-state index is 14.0. The molecular weight excluding hydrogens is 494 g/mol. The number of thioether (sulfide) groups is 1. The van der Waals surface area contributed by atoms with Gasteiger partial charge in [-0.1, -0.05) is 41.7 Å². The van der Waals surface area contributed by atoms with Crippen LogP contribution in [0.1, 0.15) is 37.9 Å². The van der Waals surface area contributed by atoms with Gasteiger partial charge in [0.1, 0.15) is 4.53 Å². The van der Waals surface area contributed by atoms with E-state index in [4.69, 9.17) is 4.74 Å². The van der Waals surface area contributed by atoms with Crippen molar-refractivity contribution < 1.29 is 14.3 Å². The number of carbonyl (C=O) groups is 2. The van der Waals surface area contributed by atoms with Crippen LogP contribution in [0.25, 0.3) is 5.57 Å². The van der Waals surface area contributed by atoms with Gasteiger partial charge in [0, 0.05) is 17.0 Å². The van der Waals surface area contributed by atoms with Gasteiger partial charge in [-0.3, -0.25) is 14.2 Å². The van der Waals surface area contributed by atoms with Crippen molar-refractivity contribution in [3.05, 3.63) is 90.6 Å². The average Bonchev–Trinajstić information content (AvgIpc) is 3.35. The lowest BCUT2D eigenvalue weighted by molar-refractivity contribution is -0.139. The molecular formula is C27H25N3O4S2. The normalized spacial score (nSPS) is 18.2. The summed E-state index contributed by atoms with van der Waals surface area (Å²) in [5.41, 5.74) is 3.16. The van der Waals surface area contributed by atoms with Crippen LogP contribution in [0.3, 0.4) is 0 Å². The van der Waals surface area contributed by atoms with Crippen LogP contribution in [0.5, 0.6) is 0 Å². The quantitative estimate of drug-likeness (QED) is 0.382. The van der Waals surface area contributed by atoms with Gasteiger partial charge in [-0.15, -0.1) is 11.8 Å². The Morgan fingerprint density at radius 1 is 1.11 bits per heavy atom. The number of nitrogens with zero attached hydrogens (tertiary/aromatic N) is 3. The number of rotatable bonds is 5. The van der Waals surface area contributed by atoms with E-state index in [-0.39, 0.29) is 18.1 Å². The second-order valence-corrected chi connectivity index (χ2v) is 10.2. The molecule has 2 aromatic carbocycles. The topological polar surface area (TPSA) is 81.0 Å². The summed E-state index contributed by atoms with van der Waals surface area (Å²) in [6.07, 6.45) is 1.99. The summed E-state index contributed by atoms with van der Waals surface area (Å²) >= 11 is 2.80. The minimum atomic E-state index is -0.709. The van der Waals surface area contributed by atoms with E-state index >= 15 is 0 Å². The number of thiazole rings is 1. The van der Waals surface area contributed by atoms with E-state index in [2.05, 4.69) is 4.99 Å². The lowest BCUT2D eigenvalue weighted by atomic mass is 9.96. The third kappa shape index (κ3) is 3.74. The minimum absolute atomic E-state index is 0.203. The van der Waals surface area contributed by atoms with E-state index in [0.717, 1.165) is 21.7 Å². The second-order valence-electron chi connectivity index (χ2n) is 8.34. The molecule has 5 rings (SSSR count). The lowest BCUT2D eigenvalue weighted by Gasteiger charge is -2.24. The predicted octanol–water partition coefficient (Wildman–Crippen LogP) is 3.26. The minimum Gasteiger partial charge on any atom is -0.463 e. The van der Waals surface area contributed by atoms with Crippen LogP contribution in [-0.4, -0.2) is 35.9 Å². The Hall–Kier alpha value is -3.43. The first-order valence-corrected chi connectivity index (χ1v) is 13.7. The molecule has 36 heavy (non-hydrogen) atoms. The number of allylic oxidation sites excluding steroid dienone is 1. The average molecular weight is 520 g/mol. The molecule has 3 aromatic rings. The van der Waals surface area contributed by atoms with Crippen molar-refractivity contribution in [1.82, 2.24) is 4.57 Å². The van der Waals surface area contributed by atoms with Gasteiger partial charge in [0.15, 0.2) is 4.80 Å². The number of ether oxygens (including phenoxy) is 1. The van der Waals surface area contributed by atoms with E-state index < -0.39 is 12.0 Å². The molecule has 7 nitrogen and oxygen atoms in total. The zero-order chi connectivity index (χ0) is 25.6. The molecule has 3 heterocycles. The highest BCUT2D eigenvalue weighted by Crippen LogP contribution is 2.35. The third-order valence-corrected chi connectivity index (χ3v) is 8.19. The first kappa shape index (κ1) is 24.3. The maximum atomic E-state index is 14.0. The van der Waals surface area contributed by atoms with Crippen LogP contribution in [0.4, 0.5) is 5.69 Å². The van der Waals surface area contributed by atoms with Crippen LogP contribution in [0, 0.1) is 0 Å². The molecule has 1 unspecified atom stereocenters. The molecule has 1 atom stereocenters. The molecule has 1 amide bonds. The standard InChI is InChI=1S/C27H25N3O4S2/c1-5-29-19-10-8-7-9-18(19)21(24(29)31)23-25(32)30-22(16-11-13-17(35-4)14-12-16)20(26(33)34-6-2)15(3)28-27(30)36-23/h7-14,22H,5-6H2,1-4H3/b23-21+. The van der Waals surface area contributed by atoms with Crippen LogP contribution < -0.4 is 19.8 Å². The Labute approximate surface area is 216 Å². The second kappa shape index (κ2) is 9.55. The fraction of sp³-hybridized carbons (Fsp3) is 0.259. The number of fused-ring (bicyclic) bond motifs is 2. The first-order valence-electron chi connectivity index (χ1n) is 11.7. The molecule has 0 radical (unpaired) electrons. The molecule has 0 N–H and O–H groups in total. The lowest BCUT2D eigenvalue weighted by Crippen LogP contribution is -2.41. The molecule has 0 spiro atoms. The highest BCUT2D eigenvalue weighted by atomic mass is 32.2. The predicted molar refractivity (Wildman–Crippen MR) is 142 cm³/mol. The number of amides is 1. The van der Waals surface area contributed by atoms with E-state index in [1.807, 2.05) is 61.7 Å². The van der Waals surface area contributed by atoms with Gasteiger partial charge in [-0.25, -0.2) is 9.79 Å². The first-order chi connectivity index (χ1) is 17.4. The van der Waals surface area contributed by atoms with Gasteiger partial charge in [0.05, 0.1) is 35.2 Å². The summed E-state index contributed by atoms with van der Waals surface area (Å²) < 4.78 is 7.22. The zero-order valence-corrected chi connectivity index (χ0v) is 22.0. The van der Waals surface area contributed by atoms with Gasteiger partial charge in [-0.2, -0.15) is 0 Å². The van der Waals surface area contributed by atoms with Gasteiger partial charge in [0.25, 0.3) is 11.5 Å². The van der Waals surface area contributed by atoms with Crippen molar-refractivity contribution in [1.29, 1.82) is 0 Å². The molecule has 0 aliphatic carbocycles. The van der Waals surface area contributed by atoms with Crippen molar-refractivity contribution in [2.75, 3.05) is 24.3 Å². The Morgan fingerprint density at radius 2 is 1.83 bits per heavy atom. The fourth-order valence-electron chi connectivity index (χ4n) is 4.76. The highest BCUT2D eigenvalue weighted by Gasteiger charge is 2.36. The molecule has 2 aliphatic heterocycles. The van der Waals surface area contributed by atoms with Crippen LogP contribution in [0.15, 0.2) is 74.5 Å². The van der Waals surface area contributed by atoms with E-state index in [1.54, 1.807) is 30.5 Å². The van der Waals surface area contributed by atoms with Crippen molar-refractivity contribution in [2.45, 2.75) is 31.7 Å². The smallest absolute Gasteiger partial charge is 0.338 e. The number of likely N-dealkylation sites (N-methyl/N-ethyl adjacent to an activating group) is 1. The number of aromatic nitrogens is 1. The largest absolute Gasteiger partial charge is 0.463 e. The van der Waals surface area contributed by atoms with E-state index in [9.17, 15) is 14.4 Å². The molecule has 0 fully saturated rings. The molecule has 9 heteroatoms. The van der Waals surface area contributed by atoms with Crippen molar-refractivity contribution in [3.8, 4) is 0 Å². The van der Waals surface area contributed by atoms with Gasteiger partial charge in [0.2, 0.25) is 0 Å².